The van der Waals surface area contributed by atoms with E-state index in [9.17, 15) is 13.2 Å². The number of amides is 1. The molecule has 2 aromatic rings. The summed E-state index contributed by atoms with van der Waals surface area (Å²) < 4.78 is 27.2. The smallest absolute Gasteiger partial charge is 0.235 e. The molecule has 1 amide bonds. The topological polar surface area (TPSA) is 96.8 Å². The first-order valence-electron chi connectivity index (χ1n) is 7.09. The number of nitrogens with one attached hydrogen (secondary N) is 2. The molecule has 0 atom stereocenters. The van der Waals surface area contributed by atoms with Crippen molar-refractivity contribution in [2.75, 3.05) is 12.3 Å². The number of aromatic amines is 1. The van der Waals surface area contributed by atoms with Gasteiger partial charge in [0.1, 0.15) is 11.6 Å². The van der Waals surface area contributed by atoms with Gasteiger partial charge in [-0.1, -0.05) is 28.1 Å². The molecule has 0 fully saturated rings. The molecule has 0 saturated carbocycles. The summed E-state index contributed by atoms with van der Waals surface area (Å²) in [5, 5.41) is 9.26. The lowest BCUT2D eigenvalue weighted by atomic mass is 10.2. The lowest BCUT2D eigenvalue weighted by molar-refractivity contribution is -0.118. The van der Waals surface area contributed by atoms with Crippen LogP contribution in [-0.4, -0.2) is 41.4 Å². The maximum absolute atomic E-state index is 12.1. The first kappa shape index (κ1) is 18.8. The van der Waals surface area contributed by atoms with E-state index in [1.54, 1.807) is 29.8 Å². The first-order chi connectivity index (χ1) is 11.3. The minimum absolute atomic E-state index is 0.173. The molecule has 7 nitrogen and oxygen atoms in total. The molecule has 130 valence electrons. The van der Waals surface area contributed by atoms with E-state index in [1.165, 1.54) is 0 Å². The molecular formula is C14H17BrN4O3S2. The van der Waals surface area contributed by atoms with Crippen LogP contribution in [0.3, 0.4) is 0 Å². The van der Waals surface area contributed by atoms with Crippen LogP contribution in [0.25, 0.3) is 0 Å². The minimum Gasteiger partial charge on any atom is -0.355 e. The lowest BCUT2D eigenvalue weighted by Gasteiger charge is -2.07. The largest absolute Gasteiger partial charge is 0.355 e. The van der Waals surface area contributed by atoms with Crippen molar-refractivity contribution >= 4 is 43.9 Å². The third-order valence-electron chi connectivity index (χ3n) is 3.27. The normalized spacial score (nSPS) is 11.4. The van der Waals surface area contributed by atoms with Gasteiger partial charge in [-0.25, -0.2) is 8.42 Å². The Morgan fingerprint density at radius 3 is 2.83 bits per heavy atom. The van der Waals surface area contributed by atoms with Crippen molar-refractivity contribution < 1.29 is 13.2 Å². The molecule has 0 unspecified atom stereocenters. The van der Waals surface area contributed by atoms with Crippen LogP contribution in [0.1, 0.15) is 11.4 Å². The molecule has 0 aliphatic carbocycles. The van der Waals surface area contributed by atoms with Gasteiger partial charge in [0.25, 0.3) is 0 Å². The van der Waals surface area contributed by atoms with Gasteiger partial charge in [-0.3, -0.25) is 9.89 Å². The second-order valence-corrected chi connectivity index (χ2v) is 8.63. The van der Waals surface area contributed by atoms with Gasteiger partial charge in [0, 0.05) is 24.5 Å². The Hall–Kier alpha value is -1.52. The van der Waals surface area contributed by atoms with Gasteiger partial charge in [0.05, 0.1) is 5.75 Å². The first-order valence-corrected chi connectivity index (χ1v) is 10.1. The Morgan fingerprint density at radius 2 is 2.21 bits per heavy atom. The van der Waals surface area contributed by atoms with E-state index < -0.39 is 21.5 Å². The van der Waals surface area contributed by atoms with Crippen LogP contribution in [0.5, 0.6) is 0 Å². The van der Waals surface area contributed by atoms with Gasteiger partial charge in [0.15, 0.2) is 14.6 Å². The second kappa shape index (κ2) is 8.04. The van der Waals surface area contributed by atoms with Crippen molar-refractivity contribution in [2.24, 2.45) is 7.05 Å². The molecule has 0 bridgehead atoms. The highest BCUT2D eigenvalue weighted by atomic mass is 79.9. The number of carbonyl (C=O) groups is 1. The SMILES string of the molecule is Cn1c(CCNC(=O)CS(=O)(=O)Cc2cccc(Br)c2)n[nH]c1=S. The van der Waals surface area contributed by atoms with Crippen LogP contribution >= 0.6 is 28.1 Å². The molecular weight excluding hydrogens is 416 g/mol. The molecule has 0 aliphatic heterocycles. The van der Waals surface area contributed by atoms with Gasteiger partial charge in [-0.15, -0.1) is 0 Å². The van der Waals surface area contributed by atoms with Crippen molar-refractivity contribution in [3.8, 4) is 0 Å². The minimum atomic E-state index is -3.53. The Morgan fingerprint density at radius 1 is 1.46 bits per heavy atom. The van der Waals surface area contributed by atoms with Crippen LogP contribution in [0, 0.1) is 4.77 Å². The maximum atomic E-state index is 12.1. The Bertz CT molecular complexity index is 889. The molecule has 1 aromatic carbocycles. The van der Waals surface area contributed by atoms with Crippen LogP contribution in [0.15, 0.2) is 28.7 Å². The zero-order chi connectivity index (χ0) is 17.7. The summed E-state index contributed by atoms with van der Waals surface area (Å²) in [6, 6.07) is 7.00. The Balaban J connectivity index is 1.84. The van der Waals surface area contributed by atoms with Crippen LogP contribution in [0.4, 0.5) is 0 Å². The summed E-state index contributed by atoms with van der Waals surface area (Å²) in [7, 11) is -1.76. The highest BCUT2D eigenvalue weighted by Crippen LogP contribution is 2.14. The predicted molar refractivity (Wildman–Crippen MR) is 96.7 cm³/mol. The fourth-order valence-corrected chi connectivity index (χ4v) is 3.99. The summed E-state index contributed by atoms with van der Waals surface area (Å²) >= 11 is 8.29. The van der Waals surface area contributed by atoms with Gasteiger partial charge < -0.3 is 9.88 Å². The monoisotopic (exact) mass is 432 g/mol. The number of hydrogen-bond donors (Lipinski definition) is 2. The number of nitrogens with zero attached hydrogens (tertiary/aromatic N) is 2. The zero-order valence-electron chi connectivity index (χ0n) is 13.0. The van der Waals surface area contributed by atoms with E-state index in [-0.39, 0.29) is 5.75 Å². The van der Waals surface area contributed by atoms with E-state index in [4.69, 9.17) is 12.2 Å². The number of hydrogen-bond acceptors (Lipinski definition) is 5. The summed E-state index contributed by atoms with van der Waals surface area (Å²) in [6.07, 6.45) is 0.459. The quantitative estimate of drug-likeness (QED) is 0.646. The lowest BCUT2D eigenvalue weighted by Crippen LogP contribution is -2.32. The molecule has 0 saturated heterocycles. The highest BCUT2D eigenvalue weighted by Gasteiger charge is 2.17. The Labute approximate surface area is 153 Å². The molecule has 2 N–H and O–H groups in total. The van der Waals surface area contributed by atoms with Crippen LogP contribution in [0.2, 0.25) is 0 Å². The van der Waals surface area contributed by atoms with Crippen molar-refractivity contribution in [2.45, 2.75) is 12.2 Å². The fourth-order valence-electron chi connectivity index (χ4n) is 2.10. The van der Waals surface area contributed by atoms with E-state index >= 15 is 0 Å². The van der Waals surface area contributed by atoms with E-state index in [2.05, 4.69) is 31.4 Å². The van der Waals surface area contributed by atoms with Crippen molar-refractivity contribution in [3.05, 3.63) is 44.9 Å². The molecule has 24 heavy (non-hydrogen) atoms. The average Bonchev–Trinajstić information content (AvgIpc) is 2.78. The maximum Gasteiger partial charge on any atom is 0.235 e. The number of rotatable bonds is 7. The summed E-state index contributed by atoms with van der Waals surface area (Å²) in [4.78, 5) is 11.8. The number of sulfone groups is 1. The van der Waals surface area contributed by atoms with Gasteiger partial charge >= 0.3 is 0 Å². The molecule has 0 aliphatic rings. The Kier molecular flexibility index (Phi) is 6.30. The van der Waals surface area contributed by atoms with Gasteiger partial charge in [-0.2, -0.15) is 5.10 Å². The van der Waals surface area contributed by atoms with Crippen molar-refractivity contribution in [3.63, 3.8) is 0 Å². The highest BCUT2D eigenvalue weighted by molar-refractivity contribution is 9.10. The summed E-state index contributed by atoms with van der Waals surface area (Å²) in [5.74, 6) is -0.550. The number of H-pyrrole nitrogens is 1. The van der Waals surface area contributed by atoms with E-state index in [0.29, 0.717) is 29.1 Å². The van der Waals surface area contributed by atoms with Crippen molar-refractivity contribution in [1.29, 1.82) is 0 Å². The number of carbonyl (C=O) groups excluding carboxylic acids is 1. The van der Waals surface area contributed by atoms with E-state index in [1.807, 2.05) is 6.07 Å². The summed E-state index contributed by atoms with van der Waals surface area (Å²) in [5.41, 5.74) is 0.638. The van der Waals surface area contributed by atoms with Crippen LogP contribution in [-0.2, 0) is 33.9 Å². The number of halogens is 1. The third kappa shape index (κ3) is 5.53. The zero-order valence-corrected chi connectivity index (χ0v) is 16.2. The van der Waals surface area contributed by atoms with E-state index in [0.717, 1.165) is 4.47 Å². The molecule has 10 heteroatoms. The van der Waals surface area contributed by atoms with Crippen LogP contribution < -0.4 is 5.32 Å². The number of aromatic nitrogens is 3. The second-order valence-electron chi connectivity index (χ2n) is 5.27. The average molecular weight is 433 g/mol. The standard InChI is InChI=1S/C14H17BrN4O3S2/c1-19-12(17-18-14(19)23)5-6-16-13(20)9-24(21,22)8-10-3-2-4-11(15)7-10/h2-4,7H,5-6,8-9H2,1H3,(H,16,20)(H,18,23). The van der Waals surface area contributed by atoms with Gasteiger partial charge in [-0.05, 0) is 29.9 Å². The fraction of sp³-hybridized carbons (Fsp3) is 0.357. The predicted octanol–water partition coefficient (Wildman–Crippen LogP) is 1.51. The molecule has 1 aromatic heterocycles. The molecule has 2 rings (SSSR count). The van der Waals surface area contributed by atoms with Crippen molar-refractivity contribution in [1.82, 2.24) is 20.1 Å². The summed E-state index contributed by atoms with van der Waals surface area (Å²) in [6.45, 7) is 0.290. The molecule has 1 heterocycles. The molecule has 0 radical (unpaired) electrons. The third-order valence-corrected chi connectivity index (χ3v) is 5.60. The number of benzene rings is 1. The van der Waals surface area contributed by atoms with Gasteiger partial charge in [0.2, 0.25) is 5.91 Å². The molecule has 0 spiro atoms.